The summed E-state index contributed by atoms with van der Waals surface area (Å²) in [6.07, 6.45) is 16.0. The van der Waals surface area contributed by atoms with Gasteiger partial charge in [-0.25, -0.2) is 0 Å². The topological polar surface area (TPSA) is 12.4 Å². The average Bonchev–Trinajstić information content (AvgIpc) is 3.39. The second-order valence-electron chi connectivity index (χ2n) is 11.5. The Labute approximate surface area is 246 Å². The summed E-state index contributed by atoms with van der Waals surface area (Å²) in [4.78, 5) is 0. The molecule has 3 heteroatoms. The zero-order valence-corrected chi connectivity index (χ0v) is 26.3. The number of benzene rings is 3. The van der Waals surface area contributed by atoms with E-state index in [2.05, 4.69) is 175 Å². The minimum atomic E-state index is -2.09. The third kappa shape index (κ3) is 9.70. The van der Waals surface area contributed by atoms with E-state index in [0.717, 1.165) is 12.1 Å². The molecule has 1 aliphatic carbocycles. The Balaban J connectivity index is 0.000000335. The molecule has 3 aromatic carbocycles. The fraction of sp³-hybridized carbons (Fsp3) is 0.257. The van der Waals surface area contributed by atoms with E-state index in [1.807, 2.05) is 0 Å². The molecule has 0 bridgehead atoms. The Kier molecular flexibility index (Phi) is 12.2. The van der Waals surface area contributed by atoms with E-state index in [1.54, 1.807) is 0 Å². The summed E-state index contributed by atoms with van der Waals surface area (Å²) < 4.78 is 5.43. The van der Waals surface area contributed by atoms with E-state index >= 15 is 0 Å². The first-order valence-corrected chi connectivity index (χ1v) is 14.9. The molecule has 0 N–H and O–H groups in total. The molecule has 38 heavy (non-hydrogen) atoms. The molecule has 0 heterocycles. The molecule has 0 atom stereocenters. The number of rotatable bonds is 5. The Morgan fingerprint density at radius 2 is 0.974 bits per heavy atom. The zero-order chi connectivity index (χ0) is 26.8. The van der Waals surface area contributed by atoms with Crippen LogP contribution in [0.4, 0.5) is 0 Å². The molecule has 0 fully saturated rings. The van der Waals surface area contributed by atoms with Crippen molar-refractivity contribution in [3.05, 3.63) is 139 Å². The van der Waals surface area contributed by atoms with E-state index in [0.29, 0.717) is 10.8 Å². The Hall–Kier alpha value is -2.44. The summed E-state index contributed by atoms with van der Waals surface area (Å²) >= 11 is 0. The maximum absolute atomic E-state index is 5.43. The summed E-state index contributed by atoms with van der Waals surface area (Å²) in [5.41, 5.74) is 1.75. The quantitative estimate of drug-likeness (QED) is 0.169. The van der Waals surface area contributed by atoms with Crippen molar-refractivity contribution in [2.45, 2.75) is 48.0 Å². The molecule has 0 amide bonds. The predicted molar refractivity (Wildman–Crippen MR) is 167 cm³/mol. The van der Waals surface area contributed by atoms with Gasteiger partial charge in [-0.3, -0.25) is 4.74 Å². The van der Waals surface area contributed by atoms with Crippen molar-refractivity contribution in [1.82, 2.24) is 0 Å². The van der Waals surface area contributed by atoms with E-state index < -0.39 is 7.05 Å². The number of nitrogens with zero attached hydrogens (tertiary/aromatic N) is 1. The van der Waals surface area contributed by atoms with Gasteiger partial charge in [-0.05, 0) is 16.9 Å². The van der Waals surface area contributed by atoms with Crippen molar-refractivity contribution < 1.29 is 21.7 Å². The Bertz CT molecular complexity index is 1160. The van der Waals surface area contributed by atoms with Crippen LogP contribution in [-0.4, -0.2) is 0 Å². The third-order valence-electron chi connectivity index (χ3n) is 5.72. The molecule has 3 aromatic rings. The molecular weight excluding hydrogens is 513 g/mol. The molecule has 0 saturated heterocycles. The molecule has 0 radical (unpaired) electrons. The summed E-state index contributed by atoms with van der Waals surface area (Å²) in [6, 6.07) is 32.3. The summed E-state index contributed by atoms with van der Waals surface area (Å²) in [5, 5.41) is 3.88. The average molecular weight is 556 g/mol. The molecule has 0 aliphatic heterocycles. The normalized spacial score (nSPS) is 13.6. The van der Waals surface area contributed by atoms with Crippen LogP contribution in [0.5, 0.6) is 0 Å². The Morgan fingerprint density at radius 1 is 0.605 bits per heavy atom. The molecule has 0 unspecified atom stereocenters. The van der Waals surface area contributed by atoms with Crippen molar-refractivity contribution in [3.63, 3.8) is 0 Å². The molecular formula is C35H42NPTi. The molecule has 1 aliphatic rings. The summed E-state index contributed by atoms with van der Waals surface area (Å²) in [7, 11) is -2.09. The smallest absolute Gasteiger partial charge is 0.0608 e. The largest absolute Gasteiger partial charge is 0.258 e. The molecule has 196 valence electrons. The minimum absolute atomic E-state index is 0. The predicted octanol–water partition coefficient (Wildman–Crippen LogP) is 9.20. The van der Waals surface area contributed by atoms with Crippen molar-refractivity contribution in [2.75, 3.05) is 0 Å². The van der Waals surface area contributed by atoms with Gasteiger partial charge >= 0.3 is 0 Å². The summed E-state index contributed by atoms with van der Waals surface area (Å²) in [5.74, 6) is 0. The van der Waals surface area contributed by atoms with Crippen LogP contribution in [-0.2, 0) is 21.7 Å². The van der Waals surface area contributed by atoms with Crippen molar-refractivity contribution >= 4 is 23.0 Å². The fourth-order valence-electron chi connectivity index (χ4n) is 3.94. The van der Waals surface area contributed by atoms with Crippen LogP contribution in [0.25, 0.3) is 0 Å². The SMILES string of the molecule is C1=CCC(N=P(c2ccccc2)(c2ccccc2)c2ccccc2)=C1.CC(C)(C)C=CC=CC(C)(C)C.[Ti]. The van der Waals surface area contributed by atoms with Crippen molar-refractivity contribution in [3.8, 4) is 0 Å². The number of hydrogen-bond donors (Lipinski definition) is 0. The van der Waals surface area contributed by atoms with Gasteiger partial charge in [-0.1, -0.05) is 169 Å². The Morgan fingerprint density at radius 3 is 1.26 bits per heavy atom. The van der Waals surface area contributed by atoms with Crippen LogP contribution in [0.2, 0.25) is 0 Å². The van der Waals surface area contributed by atoms with Gasteiger partial charge in [0, 0.05) is 49.7 Å². The maximum atomic E-state index is 5.43. The second kappa shape index (κ2) is 14.6. The van der Waals surface area contributed by atoms with Gasteiger partial charge in [0.2, 0.25) is 0 Å². The van der Waals surface area contributed by atoms with Crippen LogP contribution < -0.4 is 15.9 Å². The van der Waals surface area contributed by atoms with Crippen LogP contribution >= 0.6 is 7.05 Å². The first-order valence-electron chi connectivity index (χ1n) is 13.1. The number of hydrogen-bond acceptors (Lipinski definition) is 1. The molecule has 4 rings (SSSR count). The first kappa shape index (κ1) is 31.8. The maximum Gasteiger partial charge on any atom is 0.0608 e. The van der Waals surface area contributed by atoms with Gasteiger partial charge in [0.25, 0.3) is 0 Å². The second-order valence-corrected chi connectivity index (χ2v) is 14.5. The standard InChI is InChI=1S/C23H20NP.C12H22.Ti/c1-4-14-21(15-5-1)25(22-16-6-2-7-17-22,23-18-8-3-9-19-23)24-20-12-10-11-13-20;1-11(2,3)9-7-8-10-12(4,5)6;/h1-12,14-19H,13H2;7-10H,1-6H3;. The van der Waals surface area contributed by atoms with Crippen molar-refractivity contribution in [1.29, 1.82) is 0 Å². The summed E-state index contributed by atoms with van der Waals surface area (Å²) in [6.45, 7) is 13.2. The van der Waals surface area contributed by atoms with Gasteiger partial charge in [0.05, 0.1) is 7.05 Å². The van der Waals surface area contributed by atoms with Gasteiger partial charge in [-0.15, -0.1) is 0 Å². The third-order valence-corrected chi connectivity index (χ3v) is 9.42. The van der Waals surface area contributed by atoms with E-state index in [9.17, 15) is 0 Å². The van der Waals surface area contributed by atoms with E-state index in [4.69, 9.17) is 4.74 Å². The minimum Gasteiger partial charge on any atom is -0.258 e. The van der Waals surface area contributed by atoms with Gasteiger partial charge in [0.1, 0.15) is 0 Å². The van der Waals surface area contributed by atoms with Gasteiger partial charge in [-0.2, -0.15) is 0 Å². The molecule has 1 nitrogen and oxygen atoms in total. The zero-order valence-electron chi connectivity index (χ0n) is 23.8. The van der Waals surface area contributed by atoms with Gasteiger partial charge < -0.3 is 0 Å². The first-order chi connectivity index (χ1) is 17.6. The van der Waals surface area contributed by atoms with Gasteiger partial charge in [0.15, 0.2) is 0 Å². The van der Waals surface area contributed by atoms with E-state index in [1.165, 1.54) is 15.9 Å². The van der Waals surface area contributed by atoms with Crippen LogP contribution in [0.1, 0.15) is 48.0 Å². The van der Waals surface area contributed by atoms with Crippen LogP contribution in [0.3, 0.4) is 0 Å². The number of allylic oxidation sites excluding steroid dienone is 7. The van der Waals surface area contributed by atoms with E-state index in [-0.39, 0.29) is 21.7 Å². The molecule has 0 aromatic heterocycles. The van der Waals surface area contributed by atoms with Crippen molar-refractivity contribution in [2.24, 2.45) is 15.6 Å². The molecule has 0 spiro atoms. The fourth-order valence-corrected chi connectivity index (χ4v) is 7.53. The van der Waals surface area contributed by atoms with Crippen LogP contribution in [0.15, 0.2) is 144 Å². The van der Waals surface area contributed by atoms with Crippen LogP contribution in [0, 0.1) is 10.8 Å². The molecule has 0 saturated carbocycles. The monoisotopic (exact) mass is 555 g/mol.